The molecule has 1 amide bonds. The zero-order chi connectivity index (χ0) is 19.4. The van der Waals surface area contributed by atoms with Crippen molar-refractivity contribution in [3.05, 3.63) is 71.0 Å². The fourth-order valence-electron chi connectivity index (χ4n) is 3.38. The van der Waals surface area contributed by atoms with Crippen LogP contribution in [0.1, 0.15) is 55.1 Å². The number of rotatable bonds is 8. The summed E-state index contributed by atoms with van der Waals surface area (Å²) in [6.07, 6.45) is 2.00. The van der Waals surface area contributed by atoms with E-state index in [9.17, 15) is 9.18 Å². The number of hydrogen-bond donors (Lipinski definition) is 0. The first-order valence-electron chi connectivity index (χ1n) is 9.87. The molecule has 1 aliphatic rings. The van der Waals surface area contributed by atoms with Crippen molar-refractivity contribution in [2.75, 3.05) is 6.54 Å². The Balaban J connectivity index is 1.72. The van der Waals surface area contributed by atoms with E-state index in [4.69, 9.17) is 0 Å². The molecule has 4 heteroatoms. The molecule has 0 N–H and O–H groups in total. The van der Waals surface area contributed by atoms with Crippen LogP contribution in [0.5, 0.6) is 0 Å². The molecule has 0 heterocycles. The van der Waals surface area contributed by atoms with Crippen molar-refractivity contribution >= 4 is 5.91 Å². The molecule has 0 bridgehead atoms. The summed E-state index contributed by atoms with van der Waals surface area (Å²) in [5.41, 5.74) is 2.45. The average Bonchev–Trinajstić information content (AvgIpc) is 3.50. The summed E-state index contributed by atoms with van der Waals surface area (Å²) >= 11 is 0. The molecule has 0 unspecified atom stereocenters. The summed E-state index contributed by atoms with van der Waals surface area (Å²) in [5.74, 6) is -0.261. The third-order valence-electron chi connectivity index (χ3n) is 5.27. The van der Waals surface area contributed by atoms with E-state index in [1.807, 2.05) is 35.2 Å². The lowest BCUT2D eigenvalue weighted by Gasteiger charge is -2.25. The Kier molecular flexibility index (Phi) is 6.27. The summed E-state index contributed by atoms with van der Waals surface area (Å²) in [7, 11) is 0. The topological polar surface area (TPSA) is 23.6 Å². The van der Waals surface area contributed by atoms with Crippen molar-refractivity contribution in [1.82, 2.24) is 9.80 Å². The number of carbonyl (C=O) groups is 1. The van der Waals surface area contributed by atoms with Crippen molar-refractivity contribution in [1.29, 1.82) is 0 Å². The van der Waals surface area contributed by atoms with Crippen LogP contribution in [-0.4, -0.2) is 34.3 Å². The zero-order valence-electron chi connectivity index (χ0n) is 16.5. The van der Waals surface area contributed by atoms with E-state index in [1.165, 1.54) is 11.6 Å². The second-order valence-electron chi connectivity index (χ2n) is 7.61. The summed E-state index contributed by atoms with van der Waals surface area (Å²) in [6, 6.07) is 15.3. The van der Waals surface area contributed by atoms with Gasteiger partial charge in [-0.05, 0) is 57.0 Å². The molecule has 2 aromatic rings. The van der Waals surface area contributed by atoms with E-state index < -0.39 is 0 Å². The molecule has 0 aromatic heterocycles. The first-order chi connectivity index (χ1) is 13.0. The van der Waals surface area contributed by atoms with Crippen molar-refractivity contribution in [2.45, 2.75) is 58.8 Å². The molecule has 3 rings (SSSR count). The minimum Gasteiger partial charge on any atom is -0.331 e. The molecule has 0 aliphatic heterocycles. The molecule has 144 valence electrons. The van der Waals surface area contributed by atoms with Gasteiger partial charge in [-0.1, -0.05) is 37.3 Å². The van der Waals surface area contributed by atoms with Crippen LogP contribution in [0, 0.1) is 5.82 Å². The van der Waals surface area contributed by atoms with E-state index >= 15 is 0 Å². The van der Waals surface area contributed by atoms with E-state index in [0.29, 0.717) is 23.7 Å². The third kappa shape index (κ3) is 4.95. The van der Waals surface area contributed by atoms with Gasteiger partial charge < -0.3 is 4.90 Å². The van der Waals surface area contributed by atoms with Gasteiger partial charge in [-0.15, -0.1) is 0 Å². The Labute approximate surface area is 161 Å². The van der Waals surface area contributed by atoms with Gasteiger partial charge in [-0.2, -0.15) is 0 Å². The standard InChI is InChI=1S/C23H29FN2O/c1-4-25(17(2)3)15-18-9-11-19(12-10-18)23(27)26(21-13-14-21)16-20-7-5-6-8-22(20)24/h5-12,17,21H,4,13-16H2,1-3H3. The monoisotopic (exact) mass is 368 g/mol. The first kappa shape index (κ1) is 19.6. The van der Waals surface area contributed by atoms with Gasteiger partial charge in [-0.3, -0.25) is 9.69 Å². The SMILES string of the molecule is CCN(Cc1ccc(C(=O)N(Cc2ccccc2F)C2CC2)cc1)C(C)C. The predicted molar refractivity (Wildman–Crippen MR) is 107 cm³/mol. The number of nitrogens with zero attached hydrogens (tertiary/aromatic N) is 2. The zero-order valence-corrected chi connectivity index (χ0v) is 16.5. The Morgan fingerprint density at radius 1 is 1.07 bits per heavy atom. The summed E-state index contributed by atoms with van der Waals surface area (Å²) in [5, 5.41) is 0. The molecule has 1 fully saturated rings. The van der Waals surface area contributed by atoms with Gasteiger partial charge in [0, 0.05) is 36.3 Å². The summed E-state index contributed by atoms with van der Waals surface area (Å²) in [6.45, 7) is 8.75. The fraction of sp³-hybridized carbons (Fsp3) is 0.435. The first-order valence-corrected chi connectivity index (χ1v) is 9.87. The quantitative estimate of drug-likeness (QED) is 0.664. The summed E-state index contributed by atoms with van der Waals surface area (Å²) < 4.78 is 14.0. The second kappa shape index (κ2) is 8.66. The number of carbonyl (C=O) groups excluding carboxylic acids is 1. The van der Waals surface area contributed by atoms with Crippen molar-refractivity contribution in [2.24, 2.45) is 0 Å². The van der Waals surface area contributed by atoms with E-state index in [-0.39, 0.29) is 17.8 Å². The Bertz CT molecular complexity index is 768. The fourth-order valence-corrected chi connectivity index (χ4v) is 3.38. The van der Waals surface area contributed by atoms with Crippen molar-refractivity contribution in [3.8, 4) is 0 Å². The molecular formula is C23H29FN2O. The van der Waals surface area contributed by atoms with Crippen LogP contribution in [0.15, 0.2) is 48.5 Å². The molecule has 0 radical (unpaired) electrons. The van der Waals surface area contributed by atoms with Crippen LogP contribution in [0.4, 0.5) is 4.39 Å². The number of halogens is 1. The van der Waals surface area contributed by atoms with Gasteiger partial charge >= 0.3 is 0 Å². The molecule has 3 nitrogen and oxygen atoms in total. The molecule has 0 atom stereocenters. The minimum absolute atomic E-state index is 0.0106. The van der Waals surface area contributed by atoms with E-state index in [0.717, 1.165) is 25.9 Å². The average molecular weight is 368 g/mol. The molecule has 0 saturated heterocycles. The smallest absolute Gasteiger partial charge is 0.254 e. The largest absolute Gasteiger partial charge is 0.331 e. The highest BCUT2D eigenvalue weighted by atomic mass is 19.1. The molecule has 27 heavy (non-hydrogen) atoms. The minimum atomic E-state index is -0.250. The summed E-state index contributed by atoms with van der Waals surface area (Å²) in [4.78, 5) is 17.2. The van der Waals surface area contributed by atoms with Gasteiger partial charge in [0.25, 0.3) is 5.91 Å². The Hall–Kier alpha value is -2.20. The predicted octanol–water partition coefficient (Wildman–Crippen LogP) is 4.86. The molecule has 1 aliphatic carbocycles. The lowest BCUT2D eigenvalue weighted by molar-refractivity contribution is 0.0728. The normalized spacial score (nSPS) is 14.0. The number of amides is 1. The highest BCUT2D eigenvalue weighted by Gasteiger charge is 2.33. The lowest BCUT2D eigenvalue weighted by Crippen LogP contribution is -2.33. The highest BCUT2D eigenvalue weighted by molar-refractivity contribution is 5.94. The molecular weight excluding hydrogens is 339 g/mol. The Morgan fingerprint density at radius 3 is 2.30 bits per heavy atom. The third-order valence-corrected chi connectivity index (χ3v) is 5.27. The van der Waals surface area contributed by atoms with Gasteiger partial charge in [0.2, 0.25) is 0 Å². The maximum Gasteiger partial charge on any atom is 0.254 e. The maximum atomic E-state index is 14.0. The van der Waals surface area contributed by atoms with Crippen LogP contribution < -0.4 is 0 Å². The van der Waals surface area contributed by atoms with Gasteiger partial charge in [0.05, 0.1) is 0 Å². The van der Waals surface area contributed by atoms with Crippen LogP contribution in [0.2, 0.25) is 0 Å². The second-order valence-corrected chi connectivity index (χ2v) is 7.61. The van der Waals surface area contributed by atoms with Crippen LogP contribution in [0.25, 0.3) is 0 Å². The Morgan fingerprint density at radius 2 is 1.74 bits per heavy atom. The lowest BCUT2D eigenvalue weighted by atomic mass is 10.1. The van der Waals surface area contributed by atoms with E-state index in [1.54, 1.807) is 12.1 Å². The van der Waals surface area contributed by atoms with E-state index in [2.05, 4.69) is 25.7 Å². The van der Waals surface area contributed by atoms with Gasteiger partial charge in [0.15, 0.2) is 0 Å². The van der Waals surface area contributed by atoms with Crippen molar-refractivity contribution in [3.63, 3.8) is 0 Å². The van der Waals surface area contributed by atoms with Crippen LogP contribution in [-0.2, 0) is 13.1 Å². The van der Waals surface area contributed by atoms with Gasteiger partial charge in [-0.25, -0.2) is 4.39 Å². The van der Waals surface area contributed by atoms with Crippen LogP contribution >= 0.6 is 0 Å². The van der Waals surface area contributed by atoms with Gasteiger partial charge in [0.1, 0.15) is 5.82 Å². The number of hydrogen-bond acceptors (Lipinski definition) is 2. The number of benzene rings is 2. The van der Waals surface area contributed by atoms with Crippen molar-refractivity contribution < 1.29 is 9.18 Å². The van der Waals surface area contributed by atoms with Crippen LogP contribution in [0.3, 0.4) is 0 Å². The molecule has 2 aromatic carbocycles. The molecule has 0 spiro atoms. The maximum absolute atomic E-state index is 14.0. The highest BCUT2D eigenvalue weighted by Crippen LogP contribution is 2.30. The molecule has 1 saturated carbocycles.